The number of hydrogen-bond acceptors (Lipinski definition) is 1. The minimum atomic E-state index is -0.107. The Morgan fingerprint density at radius 2 is 1.83 bits per heavy atom. The number of carbonyl (C=O) groups excluding carboxylic acids is 1. The average molecular weight is 307 g/mol. The van der Waals surface area contributed by atoms with Crippen LogP contribution in [0.2, 0.25) is 0 Å². The lowest BCUT2D eigenvalue weighted by Gasteiger charge is -2.26. The number of benzene rings is 1. The second-order valence-corrected chi connectivity index (χ2v) is 7.63. The maximum Gasteiger partial charge on any atom is 0.251 e. The van der Waals surface area contributed by atoms with Crippen LogP contribution in [-0.2, 0) is 0 Å². The van der Waals surface area contributed by atoms with Crippen LogP contribution in [0.3, 0.4) is 0 Å². The molecule has 2 nitrogen and oxygen atoms in total. The van der Waals surface area contributed by atoms with E-state index in [1.807, 2.05) is 18.2 Å². The van der Waals surface area contributed by atoms with Crippen molar-refractivity contribution in [2.75, 3.05) is 0 Å². The van der Waals surface area contributed by atoms with E-state index in [-0.39, 0.29) is 11.4 Å². The Balaban J connectivity index is 1.41. The Bertz CT molecular complexity index is 649. The van der Waals surface area contributed by atoms with Gasteiger partial charge < -0.3 is 5.32 Å². The molecule has 1 aromatic rings. The average Bonchev–Trinajstić information content (AvgIpc) is 3.29. The second kappa shape index (κ2) is 5.67. The van der Waals surface area contributed by atoms with Crippen molar-refractivity contribution in [3.8, 4) is 0 Å². The molecule has 1 amide bonds. The van der Waals surface area contributed by atoms with E-state index in [2.05, 4.69) is 42.6 Å². The monoisotopic (exact) mass is 307 g/mol. The third-order valence-corrected chi connectivity index (χ3v) is 5.91. The minimum absolute atomic E-state index is 0.0521. The molecular weight excluding hydrogens is 282 g/mol. The molecule has 0 radical (unpaired) electrons. The number of nitrogens with one attached hydrogen (secondary N) is 1. The minimum Gasteiger partial charge on any atom is -0.342 e. The molecule has 0 saturated heterocycles. The molecule has 0 heterocycles. The SMILES string of the molecule is CC1CCC(c2ccc(C(=O)NC34C=CC=CC3C4)cc2)CC1. The van der Waals surface area contributed by atoms with Gasteiger partial charge >= 0.3 is 0 Å². The van der Waals surface area contributed by atoms with Gasteiger partial charge in [-0.15, -0.1) is 0 Å². The predicted octanol–water partition coefficient (Wildman–Crippen LogP) is 4.59. The van der Waals surface area contributed by atoms with Crippen LogP contribution >= 0.6 is 0 Å². The molecule has 4 rings (SSSR count). The molecular formula is C21H25NO. The largest absolute Gasteiger partial charge is 0.342 e. The van der Waals surface area contributed by atoms with Gasteiger partial charge in [0.15, 0.2) is 0 Å². The summed E-state index contributed by atoms with van der Waals surface area (Å²) in [7, 11) is 0. The van der Waals surface area contributed by atoms with Crippen LogP contribution in [0.5, 0.6) is 0 Å². The number of fused-ring (bicyclic) bond motifs is 1. The van der Waals surface area contributed by atoms with Crippen molar-refractivity contribution >= 4 is 5.91 Å². The van der Waals surface area contributed by atoms with Gasteiger partial charge in [0.05, 0.1) is 5.54 Å². The Labute approximate surface area is 138 Å². The summed E-state index contributed by atoms with van der Waals surface area (Å²) in [5, 5.41) is 3.21. The van der Waals surface area contributed by atoms with Crippen LogP contribution in [-0.4, -0.2) is 11.4 Å². The van der Waals surface area contributed by atoms with Crippen molar-refractivity contribution in [1.29, 1.82) is 0 Å². The van der Waals surface area contributed by atoms with Crippen molar-refractivity contribution in [3.05, 3.63) is 59.7 Å². The molecule has 1 N–H and O–H groups in total. The third kappa shape index (κ3) is 2.87. The number of rotatable bonds is 3. The first-order chi connectivity index (χ1) is 11.2. The molecule has 1 aromatic carbocycles. The van der Waals surface area contributed by atoms with Crippen LogP contribution in [0.1, 0.15) is 60.9 Å². The smallest absolute Gasteiger partial charge is 0.251 e. The molecule has 2 atom stereocenters. The van der Waals surface area contributed by atoms with Gasteiger partial charge in [0.25, 0.3) is 5.91 Å². The lowest BCUT2D eigenvalue weighted by atomic mass is 9.79. The highest BCUT2D eigenvalue weighted by Gasteiger charge is 2.52. The topological polar surface area (TPSA) is 29.1 Å². The summed E-state index contributed by atoms with van der Waals surface area (Å²) in [5.74, 6) is 2.09. The first-order valence-electron chi connectivity index (χ1n) is 8.95. The van der Waals surface area contributed by atoms with Crippen molar-refractivity contribution in [2.45, 2.75) is 50.5 Å². The van der Waals surface area contributed by atoms with Gasteiger partial charge in [0.1, 0.15) is 0 Å². The van der Waals surface area contributed by atoms with Gasteiger partial charge in [-0.1, -0.05) is 56.2 Å². The van der Waals surface area contributed by atoms with Crippen LogP contribution in [0.4, 0.5) is 0 Å². The lowest BCUT2D eigenvalue weighted by molar-refractivity contribution is 0.0938. The van der Waals surface area contributed by atoms with E-state index in [9.17, 15) is 4.79 Å². The number of hydrogen-bond donors (Lipinski definition) is 1. The van der Waals surface area contributed by atoms with Gasteiger partial charge in [0.2, 0.25) is 0 Å². The Kier molecular flexibility index (Phi) is 3.63. The molecule has 3 aliphatic rings. The van der Waals surface area contributed by atoms with Crippen LogP contribution in [0.25, 0.3) is 0 Å². The van der Waals surface area contributed by atoms with Gasteiger partial charge in [-0.25, -0.2) is 0 Å². The van der Waals surface area contributed by atoms with Gasteiger partial charge in [0, 0.05) is 11.5 Å². The summed E-state index contributed by atoms with van der Waals surface area (Å²) >= 11 is 0. The molecule has 0 spiro atoms. The zero-order valence-electron chi connectivity index (χ0n) is 13.8. The molecule has 3 aliphatic carbocycles. The summed E-state index contributed by atoms with van der Waals surface area (Å²) in [6.07, 6.45) is 14.7. The van der Waals surface area contributed by atoms with E-state index in [1.54, 1.807) is 0 Å². The molecule has 2 saturated carbocycles. The van der Waals surface area contributed by atoms with Gasteiger partial charge in [-0.2, -0.15) is 0 Å². The van der Waals surface area contributed by atoms with Crippen molar-refractivity contribution in [3.63, 3.8) is 0 Å². The van der Waals surface area contributed by atoms with E-state index in [1.165, 1.54) is 31.2 Å². The highest BCUT2D eigenvalue weighted by molar-refractivity contribution is 5.95. The zero-order chi connectivity index (χ0) is 15.9. The molecule has 2 unspecified atom stereocenters. The molecule has 0 bridgehead atoms. The van der Waals surface area contributed by atoms with E-state index >= 15 is 0 Å². The number of allylic oxidation sites excluding steroid dienone is 2. The molecule has 23 heavy (non-hydrogen) atoms. The molecule has 0 aromatic heterocycles. The van der Waals surface area contributed by atoms with Crippen molar-refractivity contribution < 1.29 is 4.79 Å². The first-order valence-corrected chi connectivity index (χ1v) is 8.95. The van der Waals surface area contributed by atoms with Gasteiger partial charge in [-0.05, 0) is 48.8 Å². The Morgan fingerprint density at radius 3 is 2.52 bits per heavy atom. The fourth-order valence-electron chi connectivity index (χ4n) is 4.13. The molecule has 2 fully saturated rings. The highest BCUT2D eigenvalue weighted by Crippen LogP contribution is 2.47. The number of amides is 1. The quantitative estimate of drug-likeness (QED) is 0.869. The van der Waals surface area contributed by atoms with Gasteiger partial charge in [-0.3, -0.25) is 4.79 Å². The fraction of sp³-hybridized carbons (Fsp3) is 0.476. The van der Waals surface area contributed by atoms with E-state index in [0.717, 1.165) is 17.9 Å². The second-order valence-electron chi connectivity index (χ2n) is 7.63. The maximum absolute atomic E-state index is 12.5. The summed E-state index contributed by atoms with van der Waals surface area (Å²) in [6, 6.07) is 8.32. The van der Waals surface area contributed by atoms with Crippen molar-refractivity contribution in [2.24, 2.45) is 11.8 Å². The maximum atomic E-state index is 12.5. The summed E-state index contributed by atoms with van der Waals surface area (Å²) in [6.45, 7) is 2.35. The summed E-state index contributed by atoms with van der Waals surface area (Å²) in [5.41, 5.74) is 2.07. The summed E-state index contributed by atoms with van der Waals surface area (Å²) < 4.78 is 0. The normalized spacial score (nSPS) is 34.7. The number of carbonyl (C=O) groups is 1. The predicted molar refractivity (Wildman–Crippen MR) is 93.4 cm³/mol. The van der Waals surface area contributed by atoms with Crippen molar-refractivity contribution in [1.82, 2.24) is 5.32 Å². The third-order valence-electron chi connectivity index (χ3n) is 5.91. The molecule has 120 valence electrons. The zero-order valence-corrected chi connectivity index (χ0v) is 13.8. The van der Waals surface area contributed by atoms with E-state index < -0.39 is 0 Å². The lowest BCUT2D eigenvalue weighted by Crippen LogP contribution is -2.37. The highest BCUT2D eigenvalue weighted by atomic mass is 16.1. The fourth-order valence-corrected chi connectivity index (χ4v) is 4.13. The van der Waals surface area contributed by atoms with Crippen LogP contribution in [0, 0.1) is 11.8 Å². The Hall–Kier alpha value is -1.83. The van der Waals surface area contributed by atoms with Crippen LogP contribution in [0.15, 0.2) is 48.6 Å². The van der Waals surface area contributed by atoms with E-state index in [0.29, 0.717) is 11.8 Å². The first kappa shape index (κ1) is 14.7. The Morgan fingerprint density at radius 1 is 1.09 bits per heavy atom. The van der Waals surface area contributed by atoms with Crippen LogP contribution < -0.4 is 5.32 Å². The molecule has 2 heteroatoms. The standard InChI is InChI=1S/C21H25NO/c1-15-5-7-16(8-6-15)17-9-11-18(12-10-17)20(23)22-21-13-3-2-4-19(21)14-21/h2-4,9-13,15-16,19H,5-8,14H2,1H3,(H,22,23). The summed E-state index contributed by atoms with van der Waals surface area (Å²) in [4.78, 5) is 12.5. The van der Waals surface area contributed by atoms with E-state index in [4.69, 9.17) is 0 Å². The molecule has 0 aliphatic heterocycles.